The quantitative estimate of drug-likeness (QED) is 0.798. The molecule has 1 rings (SSSR count). The van der Waals surface area contributed by atoms with Crippen LogP contribution < -0.4 is 5.32 Å². The van der Waals surface area contributed by atoms with E-state index >= 15 is 0 Å². The van der Waals surface area contributed by atoms with E-state index in [4.69, 9.17) is 5.26 Å². The molecule has 2 atom stereocenters. The average Bonchev–Trinajstić information content (AvgIpc) is 2.29. The molecule has 15 heavy (non-hydrogen) atoms. The minimum Gasteiger partial charge on any atom is -0.351 e. The molecule has 0 aromatic carbocycles. The van der Waals surface area contributed by atoms with Crippen molar-refractivity contribution in [3.05, 3.63) is 0 Å². The lowest BCUT2D eigenvalue weighted by atomic mass is 10.1. The summed E-state index contributed by atoms with van der Waals surface area (Å²) in [6, 6.07) is 2.14. The third kappa shape index (κ3) is 4.13. The van der Waals surface area contributed by atoms with Crippen molar-refractivity contribution in [2.45, 2.75) is 50.3 Å². The molecule has 0 aromatic heterocycles. The van der Waals surface area contributed by atoms with Gasteiger partial charge >= 0.3 is 0 Å². The van der Waals surface area contributed by atoms with Crippen molar-refractivity contribution in [3.8, 4) is 6.07 Å². The van der Waals surface area contributed by atoms with E-state index in [2.05, 4.69) is 11.4 Å². The van der Waals surface area contributed by atoms with Gasteiger partial charge < -0.3 is 5.32 Å². The first-order valence-corrected chi connectivity index (χ1v) is 6.61. The number of nitrogens with zero attached hydrogens (tertiary/aromatic N) is 1. The lowest BCUT2D eigenvalue weighted by molar-refractivity contribution is -0.121. The molecule has 1 aliphatic rings. The number of thioether (sulfide) groups is 1. The van der Waals surface area contributed by atoms with Crippen LogP contribution >= 0.6 is 11.8 Å². The van der Waals surface area contributed by atoms with Gasteiger partial charge in [-0.2, -0.15) is 5.26 Å². The van der Waals surface area contributed by atoms with Crippen molar-refractivity contribution in [1.82, 2.24) is 5.32 Å². The molecule has 84 valence electrons. The Morgan fingerprint density at radius 3 is 3.00 bits per heavy atom. The summed E-state index contributed by atoms with van der Waals surface area (Å²) in [6.07, 6.45) is 4.61. The van der Waals surface area contributed by atoms with E-state index in [0.29, 0.717) is 6.42 Å². The van der Waals surface area contributed by atoms with E-state index in [1.165, 1.54) is 6.42 Å². The highest BCUT2D eigenvalue weighted by atomic mass is 32.2. The number of rotatable bonds is 4. The summed E-state index contributed by atoms with van der Waals surface area (Å²) in [7, 11) is 0. The van der Waals surface area contributed by atoms with Crippen LogP contribution in [0.3, 0.4) is 0 Å². The van der Waals surface area contributed by atoms with Crippen LogP contribution in [-0.4, -0.2) is 23.0 Å². The molecule has 1 amide bonds. The predicted molar refractivity (Wildman–Crippen MR) is 62.5 cm³/mol. The van der Waals surface area contributed by atoms with E-state index in [1.807, 2.05) is 6.92 Å². The molecule has 0 aromatic rings. The summed E-state index contributed by atoms with van der Waals surface area (Å²) in [5.74, 6) is 1.22. The molecule has 0 bridgehead atoms. The van der Waals surface area contributed by atoms with Crippen molar-refractivity contribution in [2.75, 3.05) is 5.75 Å². The Kier molecular flexibility index (Phi) is 5.56. The first-order valence-electron chi connectivity index (χ1n) is 5.56. The summed E-state index contributed by atoms with van der Waals surface area (Å²) >= 11 is 1.75. The number of amides is 1. The average molecular weight is 226 g/mol. The third-order valence-electron chi connectivity index (χ3n) is 2.65. The van der Waals surface area contributed by atoms with Gasteiger partial charge in [0.15, 0.2) is 0 Å². The zero-order valence-corrected chi connectivity index (χ0v) is 9.98. The SMILES string of the molecule is CCC(CC#N)NC(=O)C1CCCCS1. The van der Waals surface area contributed by atoms with Gasteiger partial charge in [0.25, 0.3) is 0 Å². The maximum absolute atomic E-state index is 11.8. The van der Waals surface area contributed by atoms with Crippen LogP contribution in [0.25, 0.3) is 0 Å². The first-order chi connectivity index (χ1) is 7.27. The van der Waals surface area contributed by atoms with Gasteiger partial charge in [0.1, 0.15) is 0 Å². The Bertz CT molecular complexity index is 243. The standard InChI is InChI=1S/C11H18N2OS/c1-2-9(6-7-12)13-11(14)10-5-3-4-8-15-10/h9-10H,2-6,8H2,1H3,(H,13,14). The fourth-order valence-electron chi connectivity index (χ4n) is 1.65. The van der Waals surface area contributed by atoms with E-state index in [1.54, 1.807) is 11.8 Å². The maximum Gasteiger partial charge on any atom is 0.233 e. The summed E-state index contributed by atoms with van der Waals surface area (Å²) in [5, 5.41) is 11.7. The fourth-order valence-corrected chi connectivity index (χ4v) is 2.86. The molecule has 4 heteroatoms. The summed E-state index contributed by atoms with van der Waals surface area (Å²) in [6.45, 7) is 2.00. The number of carbonyl (C=O) groups is 1. The molecule has 1 heterocycles. The Morgan fingerprint density at radius 1 is 1.67 bits per heavy atom. The highest BCUT2D eigenvalue weighted by Crippen LogP contribution is 2.25. The van der Waals surface area contributed by atoms with E-state index in [0.717, 1.165) is 25.0 Å². The highest BCUT2D eigenvalue weighted by Gasteiger charge is 2.23. The van der Waals surface area contributed by atoms with Gasteiger partial charge in [-0.25, -0.2) is 0 Å². The van der Waals surface area contributed by atoms with Crippen LogP contribution in [-0.2, 0) is 4.79 Å². The normalized spacial score (nSPS) is 22.8. The molecule has 0 spiro atoms. The predicted octanol–water partition coefficient (Wildman–Crippen LogP) is 2.08. The maximum atomic E-state index is 11.8. The minimum atomic E-state index is 0.0324. The Hall–Kier alpha value is -0.690. The lowest BCUT2D eigenvalue weighted by Crippen LogP contribution is -2.40. The van der Waals surface area contributed by atoms with Gasteiger partial charge in [-0.05, 0) is 25.0 Å². The second-order valence-electron chi connectivity index (χ2n) is 3.83. The van der Waals surface area contributed by atoms with Crippen LogP contribution in [0.4, 0.5) is 0 Å². The monoisotopic (exact) mass is 226 g/mol. The molecule has 1 N–H and O–H groups in total. The fraction of sp³-hybridized carbons (Fsp3) is 0.818. The molecule has 1 saturated heterocycles. The number of hydrogen-bond acceptors (Lipinski definition) is 3. The number of nitriles is 1. The second kappa shape index (κ2) is 6.73. The number of hydrogen-bond donors (Lipinski definition) is 1. The van der Waals surface area contributed by atoms with Crippen LogP contribution in [0.2, 0.25) is 0 Å². The van der Waals surface area contributed by atoms with Crippen molar-refractivity contribution in [2.24, 2.45) is 0 Å². The molecule has 1 aliphatic heterocycles. The summed E-state index contributed by atoms with van der Waals surface area (Å²) in [5.41, 5.74) is 0. The molecule has 0 radical (unpaired) electrons. The molecule has 3 nitrogen and oxygen atoms in total. The van der Waals surface area contributed by atoms with Gasteiger partial charge in [0.05, 0.1) is 17.7 Å². The molecule has 1 fully saturated rings. The summed E-state index contributed by atoms with van der Waals surface area (Å²) in [4.78, 5) is 11.8. The molecule has 0 aliphatic carbocycles. The van der Waals surface area contributed by atoms with Crippen molar-refractivity contribution >= 4 is 17.7 Å². The zero-order chi connectivity index (χ0) is 11.1. The van der Waals surface area contributed by atoms with Gasteiger partial charge in [0, 0.05) is 6.04 Å². The zero-order valence-electron chi connectivity index (χ0n) is 9.16. The molecule has 0 saturated carbocycles. The number of nitrogens with one attached hydrogen (secondary N) is 1. The van der Waals surface area contributed by atoms with Crippen LogP contribution in [0.1, 0.15) is 39.0 Å². The Balaban J connectivity index is 2.35. The van der Waals surface area contributed by atoms with Gasteiger partial charge in [-0.3, -0.25) is 4.79 Å². The number of carbonyl (C=O) groups excluding carboxylic acids is 1. The van der Waals surface area contributed by atoms with Gasteiger partial charge in [-0.15, -0.1) is 11.8 Å². The smallest absolute Gasteiger partial charge is 0.233 e. The Labute approximate surface area is 95.6 Å². The van der Waals surface area contributed by atoms with E-state index < -0.39 is 0 Å². The van der Waals surface area contributed by atoms with E-state index in [9.17, 15) is 4.79 Å². The first kappa shape index (κ1) is 12.4. The topological polar surface area (TPSA) is 52.9 Å². The van der Waals surface area contributed by atoms with Crippen LogP contribution in [0.5, 0.6) is 0 Å². The summed E-state index contributed by atoms with van der Waals surface area (Å²) < 4.78 is 0. The largest absolute Gasteiger partial charge is 0.351 e. The van der Waals surface area contributed by atoms with E-state index in [-0.39, 0.29) is 17.2 Å². The van der Waals surface area contributed by atoms with Gasteiger partial charge in [0.2, 0.25) is 5.91 Å². The van der Waals surface area contributed by atoms with Crippen molar-refractivity contribution in [1.29, 1.82) is 5.26 Å². The van der Waals surface area contributed by atoms with Crippen LogP contribution in [0.15, 0.2) is 0 Å². The minimum absolute atomic E-state index is 0.0324. The van der Waals surface area contributed by atoms with Crippen LogP contribution in [0, 0.1) is 11.3 Å². The van der Waals surface area contributed by atoms with Gasteiger partial charge in [-0.1, -0.05) is 13.3 Å². The molecule has 2 unspecified atom stereocenters. The van der Waals surface area contributed by atoms with Crippen molar-refractivity contribution in [3.63, 3.8) is 0 Å². The van der Waals surface area contributed by atoms with Crippen molar-refractivity contribution < 1.29 is 4.79 Å². The molecular formula is C11H18N2OS. The second-order valence-corrected chi connectivity index (χ2v) is 5.14. The Morgan fingerprint density at radius 2 is 2.47 bits per heavy atom. The molecular weight excluding hydrogens is 208 g/mol. The highest BCUT2D eigenvalue weighted by molar-refractivity contribution is 8.00. The lowest BCUT2D eigenvalue weighted by Gasteiger charge is -2.23. The third-order valence-corrected chi connectivity index (χ3v) is 4.03.